The van der Waals surface area contributed by atoms with Gasteiger partial charge in [0.1, 0.15) is 0 Å². The van der Waals surface area contributed by atoms with E-state index in [-0.39, 0.29) is 12.5 Å². The molecule has 2 rings (SSSR count). The first-order valence-electron chi connectivity index (χ1n) is 5.38. The number of rotatable bonds is 5. The Bertz CT molecular complexity index is 509. The lowest BCUT2D eigenvalue weighted by Crippen LogP contribution is -2.16. The van der Waals surface area contributed by atoms with E-state index in [0.717, 1.165) is 10.6 Å². The average molecular weight is 260 g/mol. The average Bonchev–Trinajstić information content (AvgIpc) is 2.89. The van der Waals surface area contributed by atoms with Crippen LogP contribution in [0.2, 0.25) is 0 Å². The van der Waals surface area contributed by atoms with Gasteiger partial charge in [0.2, 0.25) is 0 Å². The summed E-state index contributed by atoms with van der Waals surface area (Å²) in [4.78, 5) is 17.4. The van der Waals surface area contributed by atoms with Gasteiger partial charge in [0.15, 0.2) is 6.61 Å². The summed E-state index contributed by atoms with van der Waals surface area (Å²) in [6.07, 6.45) is 1.58. The minimum atomic E-state index is -0.232. The highest BCUT2D eigenvalue weighted by molar-refractivity contribution is 7.11. The highest BCUT2D eigenvalue weighted by atomic mass is 32.1. The number of oxime groups is 1. The van der Waals surface area contributed by atoms with E-state index in [9.17, 15) is 4.79 Å². The zero-order chi connectivity index (χ0) is 12.6. The normalized spacial score (nSPS) is 10.4. The Labute approximate surface area is 109 Å². The molecule has 0 spiro atoms. The van der Waals surface area contributed by atoms with Crippen LogP contribution in [0.4, 0.5) is 5.69 Å². The van der Waals surface area contributed by atoms with Gasteiger partial charge >= 0.3 is 0 Å². The molecule has 18 heavy (non-hydrogen) atoms. The molecule has 0 aliphatic carbocycles. The number of amides is 1. The number of nitrogens with zero attached hydrogens (tertiary/aromatic N) is 1. The molecule has 1 aromatic heterocycles. The molecule has 0 bridgehead atoms. The summed E-state index contributed by atoms with van der Waals surface area (Å²) in [5, 5.41) is 8.37. The van der Waals surface area contributed by atoms with Crippen molar-refractivity contribution in [2.45, 2.75) is 0 Å². The van der Waals surface area contributed by atoms with Gasteiger partial charge in [0, 0.05) is 10.6 Å². The van der Waals surface area contributed by atoms with E-state index in [1.807, 2.05) is 47.8 Å². The van der Waals surface area contributed by atoms with E-state index in [1.165, 1.54) is 0 Å². The van der Waals surface area contributed by atoms with Crippen molar-refractivity contribution in [1.29, 1.82) is 0 Å². The van der Waals surface area contributed by atoms with Crippen molar-refractivity contribution in [1.82, 2.24) is 0 Å². The number of carbonyl (C=O) groups is 1. The third kappa shape index (κ3) is 4.03. The number of thiophene rings is 1. The van der Waals surface area contributed by atoms with Crippen LogP contribution in [0.1, 0.15) is 4.88 Å². The van der Waals surface area contributed by atoms with Crippen LogP contribution in [0.15, 0.2) is 53.0 Å². The van der Waals surface area contributed by atoms with E-state index in [1.54, 1.807) is 17.6 Å². The Morgan fingerprint density at radius 3 is 2.83 bits per heavy atom. The maximum absolute atomic E-state index is 11.5. The minimum absolute atomic E-state index is 0.100. The first kappa shape index (κ1) is 12.3. The van der Waals surface area contributed by atoms with Gasteiger partial charge in [-0.05, 0) is 23.6 Å². The molecule has 0 saturated heterocycles. The molecule has 1 heterocycles. The van der Waals surface area contributed by atoms with Gasteiger partial charge in [0.05, 0.1) is 6.21 Å². The van der Waals surface area contributed by atoms with Crippen LogP contribution >= 0.6 is 11.3 Å². The van der Waals surface area contributed by atoms with Crippen molar-refractivity contribution in [2.24, 2.45) is 5.16 Å². The quantitative estimate of drug-likeness (QED) is 0.664. The van der Waals surface area contributed by atoms with E-state index in [2.05, 4.69) is 10.5 Å². The Morgan fingerprint density at radius 1 is 1.28 bits per heavy atom. The molecule has 0 fully saturated rings. The molecule has 0 aliphatic heterocycles. The molecule has 1 aromatic carbocycles. The third-order valence-electron chi connectivity index (χ3n) is 2.05. The van der Waals surface area contributed by atoms with Crippen molar-refractivity contribution in [3.05, 3.63) is 52.7 Å². The zero-order valence-corrected chi connectivity index (χ0v) is 10.4. The molecular formula is C13H12N2O2S. The summed E-state index contributed by atoms with van der Waals surface area (Å²) < 4.78 is 0. The minimum Gasteiger partial charge on any atom is -0.386 e. The second-order valence-electron chi connectivity index (χ2n) is 3.44. The highest BCUT2D eigenvalue weighted by Crippen LogP contribution is 2.05. The fourth-order valence-electron chi connectivity index (χ4n) is 1.27. The van der Waals surface area contributed by atoms with Crippen molar-refractivity contribution >= 4 is 29.1 Å². The molecule has 0 aliphatic rings. The molecular weight excluding hydrogens is 248 g/mol. The summed E-state index contributed by atoms with van der Waals surface area (Å²) in [6.45, 7) is -0.100. The summed E-state index contributed by atoms with van der Waals surface area (Å²) in [5.41, 5.74) is 0.744. The fourth-order valence-corrected chi connectivity index (χ4v) is 1.84. The number of para-hydroxylation sites is 1. The lowest BCUT2D eigenvalue weighted by Gasteiger charge is -2.03. The zero-order valence-electron chi connectivity index (χ0n) is 9.58. The monoisotopic (exact) mass is 260 g/mol. The Balaban J connectivity index is 1.72. The van der Waals surface area contributed by atoms with Gasteiger partial charge in [-0.15, -0.1) is 11.3 Å². The molecule has 1 amide bonds. The number of anilines is 1. The lowest BCUT2D eigenvalue weighted by molar-refractivity contribution is -0.120. The second-order valence-corrected chi connectivity index (χ2v) is 4.42. The van der Waals surface area contributed by atoms with Crippen molar-refractivity contribution in [3.63, 3.8) is 0 Å². The van der Waals surface area contributed by atoms with Crippen LogP contribution in [-0.2, 0) is 9.63 Å². The fraction of sp³-hybridized carbons (Fsp3) is 0.0769. The van der Waals surface area contributed by atoms with Gasteiger partial charge in [-0.25, -0.2) is 0 Å². The number of hydrogen-bond acceptors (Lipinski definition) is 4. The van der Waals surface area contributed by atoms with Gasteiger partial charge < -0.3 is 10.2 Å². The second kappa shape index (κ2) is 6.56. The van der Waals surface area contributed by atoms with Crippen LogP contribution in [0.25, 0.3) is 0 Å². The van der Waals surface area contributed by atoms with E-state index < -0.39 is 0 Å². The maximum Gasteiger partial charge on any atom is 0.265 e. The van der Waals surface area contributed by atoms with Crippen molar-refractivity contribution in [3.8, 4) is 0 Å². The Kier molecular flexibility index (Phi) is 4.49. The first-order valence-corrected chi connectivity index (χ1v) is 6.26. The summed E-state index contributed by atoms with van der Waals surface area (Å²) in [6, 6.07) is 13.1. The number of carbonyl (C=O) groups excluding carboxylic acids is 1. The maximum atomic E-state index is 11.5. The van der Waals surface area contributed by atoms with Gasteiger partial charge in [-0.2, -0.15) is 0 Å². The molecule has 0 atom stereocenters. The van der Waals surface area contributed by atoms with Crippen LogP contribution < -0.4 is 5.32 Å². The molecule has 5 heteroatoms. The highest BCUT2D eigenvalue weighted by Gasteiger charge is 2.01. The molecule has 0 unspecified atom stereocenters. The smallest absolute Gasteiger partial charge is 0.265 e. The Morgan fingerprint density at radius 2 is 2.11 bits per heavy atom. The van der Waals surface area contributed by atoms with Crippen LogP contribution in [0.5, 0.6) is 0 Å². The van der Waals surface area contributed by atoms with E-state index in [4.69, 9.17) is 4.84 Å². The molecule has 2 aromatic rings. The molecule has 1 N–H and O–H groups in total. The van der Waals surface area contributed by atoms with Crippen LogP contribution in [-0.4, -0.2) is 18.7 Å². The SMILES string of the molecule is O=C(CO/N=C/c1cccs1)Nc1ccccc1. The summed E-state index contributed by atoms with van der Waals surface area (Å²) >= 11 is 1.55. The van der Waals surface area contributed by atoms with Gasteiger partial charge in [-0.3, -0.25) is 4.79 Å². The van der Waals surface area contributed by atoms with E-state index >= 15 is 0 Å². The largest absolute Gasteiger partial charge is 0.386 e. The molecule has 4 nitrogen and oxygen atoms in total. The van der Waals surface area contributed by atoms with Crippen molar-refractivity contribution < 1.29 is 9.63 Å². The Hall–Kier alpha value is -2.14. The van der Waals surface area contributed by atoms with Gasteiger partial charge in [-0.1, -0.05) is 29.4 Å². The summed E-state index contributed by atoms with van der Waals surface area (Å²) in [5.74, 6) is -0.232. The topological polar surface area (TPSA) is 50.7 Å². The van der Waals surface area contributed by atoms with E-state index in [0.29, 0.717) is 0 Å². The predicted molar refractivity (Wildman–Crippen MR) is 72.9 cm³/mol. The lowest BCUT2D eigenvalue weighted by atomic mass is 10.3. The number of nitrogens with one attached hydrogen (secondary N) is 1. The van der Waals surface area contributed by atoms with Gasteiger partial charge in [0.25, 0.3) is 5.91 Å². The number of benzene rings is 1. The standard InChI is InChI=1S/C13H12N2O2S/c16-13(15-11-5-2-1-3-6-11)10-17-14-9-12-7-4-8-18-12/h1-9H,10H2,(H,15,16)/b14-9+. The number of hydrogen-bond donors (Lipinski definition) is 1. The van der Waals surface area contributed by atoms with Crippen LogP contribution in [0.3, 0.4) is 0 Å². The van der Waals surface area contributed by atoms with Crippen molar-refractivity contribution in [2.75, 3.05) is 11.9 Å². The predicted octanol–water partition coefficient (Wildman–Crippen LogP) is 2.74. The first-order chi connectivity index (χ1) is 8.84. The molecule has 0 saturated carbocycles. The summed E-state index contributed by atoms with van der Waals surface area (Å²) in [7, 11) is 0. The molecule has 92 valence electrons. The van der Waals surface area contributed by atoms with Crippen LogP contribution in [0, 0.1) is 0 Å². The molecule has 0 radical (unpaired) electrons. The third-order valence-corrected chi connectivity index (χ3v) is 2.86.